The quantitative estimate of drug-likeness (QED) is 0.690. The Kier molecular flexibility index (Phi) is 2.64. The third kappa shape index (κ3) is 1.97. The maximum Gasteiger partial charge on any atom is 0.238 e. The number of nitrogens with zero attached hydrogens (tertiary/aromatic N) is 1. The molecule has 0 radical (unpaired) electrons. The molecule has 78 valence electrons. The summed E-state index contributed by atoms with van der Waals surface area (Å²) in [5.74, 6) is -0.0698. The monoisotopic (exact) mass is 204 g/mol. The minimum absolute atomic E-state index is 0.0698. The van der Waals surface area contributed by atoms with Gasteiger partial charge < -0.3 is 10.6 Å². The Hall–Kier alpha value is -1.88. The number of likely N-dealkylation sites (N-methyl/N-ethyl adjacent to an activating group) is 1. The molecule has 0 aliphatic carbocycles. The third-order valence-corrected chi connectivity index (χ3v) is 2.09. The van der Waals surface area contributed by atoms with Crippen LogP contribution in [0.2, 0.25) is 0 Å². The molecule has 0 aliphatic rings. The topological polar surface area (TPSA) is 69.8 Å². The molecule has 2 aromatic rings. The highest BCUT2D eigenvalue weighted by atomic mass is 16.1. The molecule has 0 spiro atoms. The predicted molar refractivity (Wildman–Crippen MR) is 58.7 cm³/mol. The fourth-order valence-electron chi connectivity index (χ4n) is 1.43. The molecular formula is C10H12N4O. The zero-order valence-electron chi connectivity index (χ0n) is 8.37. The lowest BCUT2D eigenvalue weighted by Gasteiger charge is -2.05. The summed E-state index contributed by atoms with van der Waals surface area (Å²) in [5, 5.41) is 13.3. The van der Waals surface area contributed by atoms with Gasteiger partial charge in [-0.2, -0.15) is 5.10 Å². The summed E-state index contributed by atoms with van der Waals surface area (Å²) in [6, 6.07) is 5.66. The Balaban J connectivity index is 2.27. The SMILES string of the molecule is CNCC(=O)Nc1cccc2cn[nH]c12. The third-order valence-electron chi connectivity index (χ3n) is 2.09. The van der Waals surface area contributed by atoms with E-state index in [1.165, 1.54) is 0 Å². The van der Waals surface area contributed by atoms with Gasteiger partial charge in [0.25, 0.3) is 0 Å². The van der Waals surface area contributed by atoms with Gasteiger partial charge in [0.15, 0.2) is 0 Å². The summed E-state index contributed by atoms with van der Waals surface area (Å²) >= 11 is 0. The predicted octanol–water partition coefficient (Wildman–Crippen LogP) is 0.721. The van der Waals surface area contributed by atoms with E-state index in [1.54, 1.807) is 13.2 Å². The van der Waals surface area contributed by atoms with Crippen molar-refractivity contribution in [3.8, 4) is 0 Å². The summed E-state index contributed by atoms with van der Waals surface area (Å²) in [6.07, 6.45) is 1.73. The van der Waals surface area contributed by atoms with Crippen molar-refractivity contribution in [3.05, 3.63) is 24.4 Å². The number of carbonyl (C=O) groups is 1. The number of anilines is 1. The maximum atomic E-state index is 11.4. The molecular weight excluding hydrogens is 192 g/mol. The molecule has 2 rings (SSSR count). The standard InChI is InChI=1S/C10H12N4O/c1-11-6-9(15)13-8-4-2-3-7-5-12-14-10(7)8/h2-5,11H,6H2,1H3,(H,12,14)(H,13,15). The van der Waals surface area contributed by atoms with E-state index in [2.05, 4.69) is 20.8 Å². The van der Waals surface area contributed by atoms with Crippen molar-refractivity contribution >= 4 is 22.5 Å². The fourth-order valence-corrected chi connectivity index (χ4v) is 1.43. The van der Waals surface area contributed by atoms with Crippen molar-refractivity contribution in [2.24, 2.45) is 0 Å². The van der Waals surface area contributed by atoms with Crippen LogP contribution in [0.25, 0.3) is 10.9 Å². The zero-order valence-corrected chi connectivity index (χ0v) is 8.37. The number of para-hydroxylation sites is 1. The fraction of sp³-hybridized carbons (Fsp3) is 0.200. The van der Waals surface area contributed by atoms with Crippen molar-refractivity contribution in [3.63, 3.8) is 0 Å². The van der Waals surface area contributed by atoms with E-state index in [1.807, 2.05) is 18.2 Å². The summed E-state index contributed by atoms with van der Waals surface area (Å²) < 4.78 is 0. The second kappa shape index (κ2) is 4.10. The second-order valence-corrected chi connectivity index (χ2v) is 3.22. The summed E-state index contributed by atoms with van der Waals surface area (Å²) in [6.45, 7) is 0.296. The van der Waals surface area contributed by atoms with E-state index in [9.17, 15) is 4.79 Å². The van der Waals surface area contributed by atoms with E-state index in [0.717, 1.165) is 16.6 Å². The number of hydrogen-bond donors (Lipinski definition) is 3. The van der Waals surface area contributed by atoms with Crippen molar-refractivity contribution in [2.45, 2.75) is 0 Å². The van der Waals surface area contributed by atoms with Gasteiger partial charge in [-0.15, -0.1) is 0 Å². The van der Waals surface area contributed by atoms with E-state index < -0.39 is 0 Å². The van der Waals surface area contributed by atoms with Crippen LogP contribution in [-0.2, 0) is 4.79 Å². The van der Waals surface area contributed by atoms with Gasteiger partial charge >= 0.3 is 0 Å². The van der Waals surface area contributed by atoms with E-state index in [-0.39, 0.29) is 5.91 Å². The molecule has 0 saturated heterocycles. The maximum absolute atomic E-state index is 11.4. The van der Waals surface area contributed by atoms with Crippen LogP contribution < -0.4 is 10.6 Å². The minimum atomic E-state index is -0.0698. The number of benzene rings is 1. The highest BCUT2D eigenvalue weighted by molar-refractivity contribution is 6.00. The summed E-state index contributed by atoms with van der Waals surface area (Å²) in [7, 11) is 1.73. The number of H-pyrrole nitrogens is 1. The van der Waals surface area contributed by atoms with Gasteiger partial charge in [0, 0.05) is 5.39 Å². The van der Waals surface area contributed by atoms with Gasteiger partial charge in [0.1, 0.15) is 0 Å². The first-order valence-corrected chi connectivity index (χ1v) is 4.68. The van der Waals surface area contributed by atoms with Crippen LogP contribution in [0.15, 0.2) is 24.4 Å². The number of carbonyl (C=O) groups excluding carboxylic acids is 1. The number of nitrogens with one attached hydrogen (secondary N) is 3. The van der Waals surface area contributed by atoms with Gasteiger partial charge in [0.2, 0.25) is 5.91 Å². The number of aromatic amines is 1. The lowest BCUT2D eigenvalue weighted by Crippen LogP contribution is -2.25. The molecule has 1 amide bonds. The molecule has 5 nitrogen and oxygen atoms in total. The number of amides is 1. The molecule has 0 atom stereocenters. The van der Waals surface area contributed by atoms with Crippen LogP contribution in [0, 0.1) is 0 Å². The Morgan fingerprint density at radius 1 is 1.53 bits per heavy atom. The molecule has 5 heteroatoms. The van der Waals surface area contributed by atoms with Gasteiger partial charge in [-0.25, -0.2) is 0 Å². The van der Waals surface area contributed by atoms with E-state index in [0.29, 0.717) is 6.54 Å². The van der Waals surface area contributed by atoms with Crippen LogP contribution in [-0.4, -0.2) is 29.7 Å². The molecule has 15 heavy (non-hydrogen) atoms. The average Bonchev–Trinajstić information content (AvgIpc) is 2.67. The molecule has 1 aromatic carbocycles. The van der Waals surface area contributed by atoms with Crippen molar-refractivity contribution in [1.29, 1.82) is 0 Å². The van der Waals surface area contributed by atoms with Crippen LogP contribution in [0.4, 0.5) is 5.69 Å². The molecule has 0 unspecified atom stereocenters. The van der Waals surface area contributed by atoms with Crippen LogP contribution in [0.1, 0.15) is 0 Å². The number of rotatable bonds is 3. The summed E-state index contributed by atoms with van der Waals surface area (Å²) in [5.41, 5.74) is 1.60. The van der Waals surface area contributed by atoms with Crippen LogP contribution in [0.5, 0.6) is 0 Å². The molecule has 0 bridgehead atoms. The minimum Gasteiger partial charge on any atom is -0.323 e. The summed E-state index contributed by atoms with van der Waals surface area (Å²) in [4.78, 5) is 11.4. The zero-order chi connectivity index (χ0) is 10.7. The molecule has 1 heterocycles. The largest absolute Gasteiger partial charge is 0.323 e. The van der Waals surface area contributed by atoms with Crippen molar-refractivity contribution in [1.82, 2.24) is 15.5 Å². The van der Waals surface area contributed by atoms with Crippen molar-refractivity contribution < 1.29 is 4.79 Å². The normalized spacial score (nSPS) is 10.5. The molecule has 0 aliphatic heterocycles. The smallest absolute Gasteiger partial charge is 0.238 e. The van der Waals surface area contributed by atoms with Crippen LogP contribution >= 0.6 is 0 Å². The van der Waals surface area contributed by atoms with E-state index >= 15 is 0 Å². The first-order valence-electron chi connectivity index (χ1n) is 4.68. The molecule has 0 saturated carbocycles. The number of aromatic nitrogens is 2. The first kappa shape index (κ1) is 9.67. The number of hydrogen-bond acceptors (Lipinski definition) is 3. The van der Waals surface area contributed by atoms with Crippen LogP contribution in [0.3, 0.4) is 0 Å². The van der Waals surface area contributed by atoms with Gasteiger partial charge in [-0.3, -0.25) is 9.89 Å². The van der Waals surface area contributed by atoms with Gasteiger partial charge in [-0.05, 0) is 13.1 Å². The molecule has 3 N–H and O–H groups in total. The Morgan fingerprint density at radius 2 is 2.40 bits per heavy atom. The lowest BCUT2D eigenvalue weighted by molar-refractivity contribution is -0.115. The second-order valence-electron chi connectivity index (χ2n) is 3.22. The average molecular weight is 204 g/mol. The van der Waals surface area contributed by atoms with Gasteiger partial charge in [-0.1, -0.05) is 12.1 Å². The number of fused-ring (bicyclic) bond motifs is 1. The highest BCUT2D eigenvalue weighted by Crippen LogP contribution is 2.19. The Labute approximate surface area is 86.9 Å². The van der Waals surface area contributed by atoms with Gasteiger partial charge in [0.05, 0.1) is 23.9 Å². The Bertz CT molecular complexity index is 477. The molecule has 0 fully saturated rings. The van der Waals surface area contributed by atoms with Crippen molar-refractivity contribution in [2.75, 3.05) is 18.9 Å². The van der Waals surface area contributed by atoms with E-state index in [4.69, 9.17) is 0 Å². The first-order chi connectivity index (χ1) is 7.31. The highest BCUT2D eigenvalue weighted by Gasteiger charge is 2.05. The lowest BCUT2D eigenvalue weighted by atomic mass is 10.2. The Morgan fingerprint density at radius 3 is 3.20 bits per heavy atom. The molecule has 1 aromatic heterocycles.